The summed E-state index contributed by atoms with van der Waals surface area (Å²) in [5, 5.41) is 30.2. The molecule has 0 aromatic rings. The topological polar surface area (TPSA) is 105 Å². The number of allylic oxidation sites excluding steroid dienone is 1. The zero-order chi connectivity index (χ0) is 33.2. The number of unbranched alkanes of at least 4 members (excludes halogenated alkanes) is 3. The fraction of sp³-hybridized carbons (Fsp3) is 0.949. The Labute approximate surface area is 286 Å². The molecule has 266 valence electrons. The average molecular weight is 664 g/mol. The lowest BCUT2D eigenvalue weighted by molar-refractivity contribution is -0.202. The Hall–Kier alpha value is -0.150. The lowest BCUT2D eigenvalue weighted by Gasteiger charge is -2.58. The molecule has 0 aromatic carbocycles. The van der Waals surface area contributed by atoms with Crippen LogP contribution in [0.5, 0.6) is 0 Å². The van der Waals surface area contributed by atoms with Crippen molar-refractivity contribution in [2.75, 3.05) is 6.61 Å². The molecule has 0 amide bonds. The minimum absolute atomic E-state index is 0.363. The van der Waals surface area contributed by atoms with Gasteiger partial charge in [-0.1, -0.05) is 84.8 Å². The smallest absolute Gasteiger partial charge is 0.129 e. The first kappa shape index (κ1) is 37.1. The van der Waals surface area contributed by atoms with Crippen LogP contribution in [0.2, 0.25) is 0 Å². The minimum Gasteiger partial charge on any atom is -0.388 e. The number of fused-ring (bicyclic) bond motifs is 5. The molecule has 3 saturated carbocycles. The van der Waals surface area contributed by atoms with Crippen LogP contribution < -0.4 is 5.73 Å². The van der Waals surface area contributed by atoms with E-state index in [0.717, 1.165) is 74.2 Å². The summed E-state index contributed by atoms with van der Waals surface area (Å²) >= 11 is 4.17. The van der Waals surface area contributed by atoms with Gasteiger partial charge >= 0.3 is 0 Å². The first-order valence-electron chi connectivity index (χ1n) is 19.3. The molecule has 4 unspecified atom stereocenters. The molecule has 1 aliphatic heterocycles. The van der Waals surface area contributed by atoms with E-state index in [-0.39, 0.29) is 0 Å². The Kier molecular flexibility index (Phi) is 12.8. The first-order chi connectivity index (χ1) is 21.9. The van der Waals surface area contributed by atoms with E-state index in [2.05, 4.69) is 53.3 Å². The zero-order valence-electron chi connectivity index (χ0n) is 29.8. The van der Waals surface area contributed by atoms with Gasteiger partial charge in [0.05, 0.1) is 6.10 Å². The monoisotopic (exact) mass is 663 g/mol. The van der Waals surface area contributed by atoms with Crippen molar-refractivity contribution < 1.29 is 24.8 Å². The molecule has 5 rings (SSSR count). The molecule has 1 saturated heterocycles. The van der Waals surface area contributed by atoms with Gasteiger partial charge in [0.25, 0.3) is 0 Å². The maximum absolute atomic E-state index is 10.3. The first-order valence-corrected chi connectivity index (χ1v) is 19.8. The van der Waals surface area contributed by atoms with Crippen LogP contribution in [0, 0.1) is 46.3 Å². The molecule has 5 aliphatic rings. The van der Waals surface area contributed by atoms with Gasteiger partial charge in [-0.05, 0) is 111 Å². The van der Waals surface area contributed by atoms with Crippen molar-refractivity contribution in [2.45, 2.75) is 179 Å². The highest BCUT2D eigenvalue weighted by molar-refractivity contribution is 7.80. The third kappa shape index (κ3) is 7.76. The number of thiol groups is 1. The van der Waals surface area contributed by atoms with Crippen molar-refractivity contribution in [1.82, 2.24) is 0 Å². The van der Waals surface area contributed by atoms with Crippen LogP contribution in [0.3, 0.4) is 0 Å². The summed E-state index contributed by atoms with van der Waals surface area (Å²) in [7, 11) is 0. The van der Waals surface area contributed by atoms with Crippen molar-refractivity contribution in [2.24, 2.45) is 52.1 Å². The standard InChI is InChI=1S/C39H69NO5S/c1-24(2)11-10-12-25(3)29-16-17-30-28-15-14-26-23-27(18-20-38(26,4)31(28)19-21-39(29,30)5)44-22-9-7-6-8-13-32(40)36-34(42)33(41)35(43)37(46)45-36/h14,24-25,27-37,41-43,46H,6-13,15-23,40H2,1-5H3/t25-,27-,28?,29-,30?,31?,32?,33+,34+,35+,36-,37-,38+,39-/m1/s1. The van der Waals surface area contributed by atoms with E-state index in [1.54, 1.807) is 5.57 Å². The number of aliphatic hydroxyl groups is 3. The number of aliphatic hydroxyl groups excluding tert-OH is 3. The molecule has 4 aliphatic carbocycles. The third-order valence-electron chi connectivity index (χ3n) is 14.1. The van der Waals surface area contributed by atoms with Gasteiger partial charge in [-0.3, -0.25) is 0 Å². The van der Waals surface area contributed by atoms with Gasteiger partial charge in [-0.2, -0.15) is 0 Å². The van der Waals surface area contributed by atoms with Crippen molar-refractivity contribution in [3.8, 4) is 0 Å². The maximum Gasteiger partial charge on any atom is 0.129 e. The van der Waals surface area contributed by atoms with Crippen LogP contribution >= 0.6 is 12.6 Å². The summed E-state index contributed by atoms with van der Waals surface area (Å²) in [6.45, 7) is 13.5. The fourth-order valence-corrected chi connectivity index (χ4v) is 11.6. The van der Waals surface area contributed by atoms with Gasteiger partial charge in [-0.25, -0.2) is 0 Å². The van der Waals surface area contributed by atoms with Crippen LogP contribution in [0.4, 0.5) is 0 Å². The third-order valence-corrected chi connectivity index (χ3v) is 14.5. The van der Waals surface area contributed by atoms with E-state index in [1.165, 1.54) is 64.2 Å². The maximum atomic E-state index is 10.3. The second-order valence-electron chi connectivity index (χ2n) is 17.4. The molecule has 1 heterocycles. The molecule has 0 spiro atoms. The summed E-state index contributed by atoms with van der Waals surface area (Å²) in [6, 6.07) is -0.404. The zero-order valence-corrected chi connectivity index (χ0v) is 30.7. The molecular weight excluding hydrogens is 594 g/mol. The lowest BCUT2D eigenvalue weighted by atomic mass is 9.47. The number of ether oxygens (including phenoxy) is 2. The molecule has 14 atom stereocenters. The van der Waals surface area contributed by atoms with Crippen LogP contribution in [0.25, 0.3) is 0 Å². The average Bonchev–Trinajstić information content (AvgIpc) is 3.38. The van der Waals surface area contributed by atoms with Gasteiger partial charge in [0.2, 0.25) is 0 Å². The van der Waals surface area contributed by atoms with E-state index in [9.17, 15) is 15.3 Å². The Bertz CT molecular complexity index is 1010. The fourth-order valence-electron chi connectivity index (χ4n) is 11.3. The Morgan fingerprint density at radius 1 is 0.891 bits per heavy atom. The van der Waals surface area contributed by atoms with Crippen LogP contribution in [-0.4, -0.2) is 63.9 Å². The number of hydrogen-bond acceptors (Lipinski definition) is 7. The van der Waals surface area contributed by atoms with Crippen molar-refractivity contribution >= 4 is 12.6 Å². The van der Waals surface area contributed by atoms with Crippen LogP contribution in [0.15, 0.2) is 11.6 Å². The minimum atomic E-state index is -1.29. The second-order valence-corrected chi connectivity index (χ2v) is 17.9. The molecule has 7 heteroatoms. The van der Waals surface area contributed by atoms with E-state index < -0.39 is 35.9 Å². The summed E-state index contributed by atoms with van der Waals surface area (Å²) in [4.78, 5) is 0. The summed E-state index contributed by atoms with van der Waals surface area (Å²) in [6.07, 6.45) is 18.4. The van der Waals surface area contributed by atoms with Gasteiger partial charge in [0.15, 0.2) is 0 Å². The highest BCUT2D eigenvalue weighted by atomic mass is 32.1. The quantitative estimate of drug-likeness (QED) is 0.0753. The predicted molar refractivity (Wildman–Crippen MR) is 190 cm³/mol. The van der Waals surface area contributed by atoms with E-state index in [1.807, 2.05) is 0 Å². The molecular formula is C39H69NO5S. The molecule has 4 fully saturated rings. The lowest BCUT2D eigenvalue weighted by Crippen LogP contribution is -2.60. The summed E-state index contributed by atoms with van der Waals surface area (Å²) in [5.74, 6) is 5.29. The summed E-state index contributed by atoms with van der Waals surface area (Å²) in [5.41, 5.74) is 8.09. The normalized spacial score (nSPS) is 43.8. The SMILES string of the molecule is CC(C)CCC[C@@H](C)[C@H]1CCC2C3CC=C4C[C@H](OCCCCCCC(N)[C@H]5O[C@H](S)[C@@H](O)[C@@H](O)[C@@H]5O)CC[C@]4(C)C3CC[C@@]21C. The van der Waals surface area contributed by atoms with Crippen molar-refractivity contribution in [3.05, 3.63) is 11.6 Å². The Balaban J connectivity index is 1.03. The van der Waals surface area contributed by atoms with E-state index >= 15 is 0 Å². The predicted octanol–water partition coefficient (Wildman–Crippen LogP) is 7.43. The number of hydrogen-bond donors (Lipinski definition) is 5. The number of nitrogens with two attached hydrogens (primary N) is 1. The largest absolute Gasteiger partial charge is 0.388 e. The highest BCUT2D eigenvalue weighted by Gasteiger charge is 2.59. The molecule has 0 aromatic heterocycles. The number of rotatable bonds is 14. The van der Waals surface area contributed by atoms with Crippen LogP contribution in [0.1, 0.15) is 137 Å². The molecule has 6 nitrogen and oxygen atoms in total. The van der Waals surface area contributed by atoms with Crippen LogP contribution in [-0.2, 0) is 9.47 Å². The van der Waals surface area contributed by atoms with Crippen molar-refractivity contribution in [1.29, 1.82) is 0 Å². The van der Waals surface area contributed by atoms with Crippen molar-refractivity contribution in [3.63, 3.8) is 0 Å². The molecule has 0 radical (unpaired) electrons. The summed E-state index contributed by atoms with van der Waals surface area (Å²) < 4.78 is 12.1. The second kappa shape index (κ2) is 15.8. The Morgan fingerprint density at radius 3 is 2.41 bits per heavy atom. The van der Waals surface area contributed by atoms with Gasteiger partial charge in [-0.15, -0.1) is 12.6 Å². The van der Waals surface area contributed by atoms with Gasteiger partial charge in [0, 0.05) is 12.6 Å². The van der Waals surface area contributed by atoms with E-state index in [0.29, 0.717) is 23.4 Å². The Morgan fingerprint density at radius 2 is 1.65 bits per heavy atom. The van der Waals surface area contributed by atoms with Gasteiger partial charge in [0.1, 0.15) is 29.9 Å². The highest BCUT2D eigenvalue weighted by Crippen LogP contribution is 2.67. The van der Waals surface area contributed by atoms with E-state index in [4.69, 9.17) is 15.2 Å². The van der Waals surface area contributed by atoms with Gasteiger partial charge < -0.3 is 30.5 Å². The molecule has 0 bridgehead atoms. The molecule has 46 heavy (non-hydrogen) atoms. The molecule has 5 N–H and O–H groups in total.